The van der Waals surface area contributed by atoms with Gasteiger partial charge in [0.15, 0.2) is 0 Å². The number of carbonyl (C=O) groups is 1. The van der Waals surface area contributed by atoms with Gasteiger partial charge in [-0.25, -0.2) is 0 Å². The van der Waals surface area contributed by atoms with Crippen LogP contribution in [0.2, 0.25) is 0 Å². The van der Waals surface area contributed by atoms with E-state index in [1.807, 2.05) is 29.6 Å². The Morgan fingerprint density at radius 3 is 2.82 bits per heavy atom. The number of ether oxygens (including phenoxy) is 1. The summed E-state index contributed by atoms with van der Waals surface area (Å²) in [7, 11) is 1.57. The molecule has 2 aromatic heterocycles. The van der Waals surface area contributed by atoms with Gasteiger partial charge in [-0.05, 0) is 29.6 Å². The predicted molar refractivity (Wildman–Crippen MR) is 84.6 cm³/mol. The summed E-state index contributed by atoms with van der Waals surface area (Å²) < 4.78 is 7.06. The van der Waals surface area contributed by atoms with Gasteiger partial charge in [0, 0.05) is 4.88 Å². The van der Waals surface area contributed by atoms with Gasteiger partial charge in [0.1, 0.15) is 18.4 Å². The van der Waals surface area contributed by atoms with Gasteiger partial charge in [-0.1, -0.05) is 6.07 Å². The molecule has 2 heterocycles. The molecule has 0 saturated heterocycles. The van der Waals surface area contributed by atoms with Crippen molar-refractivity contribution in [3.63, 3.8) is 0 Å². The van der Waals surface area contributed by atoms with Crippen LogP contribution < -0.4 is 10.1 Å². The van der Waals surface area contributed by atoms with E-state index in [2.05, 4.69) is 15.5 Å². The Hall–Kier alpha value is -2.67. The number of hydrogen-bond acceptors (Lipinski definition) is 5. The minimum Gasteiger partial charge on any atom is -0.495 e. The Morgan fingerprint density at radius 2 is 2.14 bits per heavy atom. The molecule has 3 aromatic rings. The molecule has 0 saturated carbocycles. The van der Waals surface area contributed by atoms with Crippen molar-refractivity contribution in [2.75, 3.05) is 12.4 Å². The molecule has 0 aliphatic rings. The normalized spacial score (nSPS) is 10.4. The summed E-state index contributed by atoms with van der Waals surface area (Å²) in [5.74, 6) is 0.526. The number of thiophene rings is 1. The van der Waals surface area contributed by atoms with E-state index in [0.717, 1.165) is 10.6 Å². The molecule has 22 heavy (non-hydrogen) atoms. The molecule has 0 aliphatic carbocycles. The summed E-state index contributed by atoms with van der Waals surface area (Å²) in [5.41, 5.74) is 1.47. The molecular formula is C15H14N4O2S. The average molecular weight is 314 g/mol. The molecule has 0 unspecified atom stereocenters. The number of anilines is 1. The quantitative estimate of drug-likeness (QED) is 0.785. The van der Waals surface area contributed by atoms with Crippen LogP contribution in [0.25, 0.3) is 5.69 Å². The average Bonchev–Trinajstić information content (AvgIpc) is 3.20. The lowest BCUT2D eigenvalue weighted by Gasteiger charge is -2.12. The van der Waals surface area contributed by atoms with E-state index in [9.17, 15) is 4.79 Å². The fourth-order valence-corrected chi connectivity index (χ4v) is 2.76. The van der Waals surface area contributed by atoms with Crippen LogP contribution in [0, 0.1) is 0 Å². The molecule has 0 atom stereocenters. The Labute approximate surface area is 131 Å². The summed E-state index contributed by atoms with van der Waals surface area (Å²) in [4.78, 5) is 13.2. The smallest absolute Gasteiger partial charge is 0.229 e. The monoisotopic (exact) mass is 314 g/mol. The maximum atomic E-state index is 12.2. The third-order valence-electron chi connectivity index (χ3n) is 3.09. The van der Waals surface area contributed by atoms with Crippen LogP contribution in [-0.4, -0.2) is 27.8 Å². The molecule has 6 nitrogen and oxygen atoms in total. The summed E-state index contributed by atoms with van der Waals surface area (Å²) >= 11 is 1.56. The SMILES string of the molecule is COc1ccc(-n2cnnc2)cc1NC(=O)Cc1cccs1. The Morgan fingerprint density at radius 1 is 1.32 bits per heavy atom. The van der Waals surface area contributed by atoms with Crippen LogP contribution in [0.1, 0.15) is 4.88 Å². The second-order valence-corrected chi connectivity index (χ2v) is 5.59. The van der Waals surface area contributed by atoms with E-state index in [-0.39, 0.29) is 5.91 Å². The van der Waals surface area contributed by atoms with Crippen molar-refractivity contribution < 1.29 is 9.53 Å². The lowest BCUT2D eigenvalue weighted by atomic mass is 10.2. The van der Waals surface area contributed by atoms with E-state index in [4.69, 9.17) is 4.74 Å². The highest BCUT2D eigenvalue weighted by atomic mass is 32.1. The Bertz CT molecular complexity index is 754. The van der Waals surface area contributed by atoms with Gasteiger partial charge in [0.25, 0.3) is 0 Å². The zero-order valence-corrected chi connectivity index (χ0v) is 12.7. The third kappa shape index (κ3) is 3.15. The number of amides is 1. The molecule has 0 fully saturated rings. The molecule has 1 N–H and O–H groups in total. The number of rotatable bonds is 5. The Kier molecular flexibility index (Phi) is 4.15. The first-order chi connectivity index (χ1) is 10.8. The van der Waals surface area contributed by atoms with Crippen LogP contribution in [0.4, 0.5) is 5.69 Å². The molecule has 112 valence electrons. The largest absolute Gasteiger partial charge is 0.495 e. The van der Waals surface area contributed by atoms with Crippen molar-refractivity contribution >= 4 is 22.9 Å². The van der Waals surface area contributed by atoms with Gasteiger partial charge in [-0.15, -0.1) is 21.5 Å². The van der Waals surface area contributed by atoms with E-state index < -0.39 is 0 Å². The van der Waals surface area contributed by atoms with E-state index in [1.165, 1.54) is 0 Å². The lowest BCUT2D eigenvalue weighted by Crippen LogP contribution is -2.14. The topological polar surface area (TPSA) is 69.0 Å². The summed E-state index contributed by atoms with van der Waals surface area (Å²) in [5, 5.41) is 12.4. The first kappa shape index (κ1) is 14.3. The van der Waals surface area contributed by atoms with Crippen LogP contribution in [0.3, 0.4) is 0 Å². The first-order valence-electron chi connectivity index (χ1n) is 6.61. The molecule has 0 radical (unpaired) electrons. The molecule has 0 aliphatic heterocycles. The van der Waals surface area contributed by atoms with Gasteiger partial charge in [0.05, 0.1) is 24.9 Å². The molecular weight excluding hydrogens is 300 g/mol. The standard InChI is InChI=1S/C15H14N4O2S/c1-21-14-5-4-11(19-9-16-17-10-19)7-13(14)18-15(20)8-12-3-2-6-22-12/h2-7,9-10H,8H2,1H3,(H,18,20). The summed E-state index contributed by atoms with van der Waals surface area (Å²) in [6.07, 6.45) is 3.54. The molecule has 7 heteroatoms. The number of benzene rings is 1. The second-order valence-electron chi connectivity index (χ2n) is 4.56. The highest BCUT2D eigenvalue weighted by molar-refractivity contribution is 7.10. The second kappa shape index (κ2) is 6.40. The van der Waals surface area contributed by atoms with Crippen LogP contribution in [0.15, 0.2) is 48.4 Å². The molecule has 0 bridgehead atoms. The predicted octanol–water partition coefficient (Wildman–Crippen LogP) is 2.52. The van der Waals surface area contributed by atoms with E-state index in [1.54, 1.807) is 41.7 Å². The van der Waals surface area contributed by atoms with E-state index in [0.29, 0.717) is 17.9 Å². The van der Waals surface area contributed by atoms with Gasteiger partial charge in [-0.3, -0.25) is 9.36 Å². The maximum Gasteiger partial charge on any atom is 0.229 e. The molecule has 1 amide bonds. The number of nitrogens with one attached hydrogen (secondary N) is 1. The number of aromatic nitrogens is 3. The molecule has 0 spiro atoms. The number of methoxy groups -OCH3 is 1. The zero-order valence-electron chi connectivity index (χ0n) is 11.9. The van der Waals surface area contributed by atoms with Crippen molar-refractivity contribution in [1.82, 2.24) is 14.8 Å². The first-order valence-corrected chi connectivity index (χ1v) is 7.49. The van der Waals surface area contributed by atoms with Gasteiger partial charge in [0.2, 0.25) is 5.91 Å². The highest BCUT2D eigenvalue weighted by Crippen LogP contribution is 2.27. The fourth-order valence-electron chi connectivity index (χ4n) is 2.05. The molecule has 3 rings (SSSR count). The number of nitrogens with zero attached hydrogens (tertiary/aromatic N) is 3. The highest BCUT2D eigenvalue weighted by Gasteiger charge is 2.10. The summed E-state index contributed by atoms with van der Waals surface area (Å²) in [6, 6.07) is 9.37. The summed E-state index contributed by atoms with van der Waals surface area (Å²) in [6.45, 7) is 0. The van der Waals surface area contributed by atoms with Crippen LogP contribution in [0.5, 0.6) is 5.75 Å². The van der Waals surface area contributed by atoms with Crippen LogP contribution >= 0.6 is 11.3 Å². The minimum absolute atomic E-state index is 0.0818. The third-order valence-corrected chi connectivity index (χ3v) is 3.97. The maximum absolute atomic E-state index is 12.2. The Balaban J connectivity index is 1.81. The van der Waals surface area contributed by atoms with Crippen molar-refractivity contribution in [1.29, 1.82) is 0 Å². The zero-order chi connectivity index (χ0) is 15.4. The van der Waals surface area contributed by atoms with Crippen molar-refractivity contribution in [2.45, 2.75) is 6.42 Å². The van der Waals surface area contributed by atoms with Gasteiger partial charge < -0.3 is 10.1 Å². The number of carbonyl (C=O) groups excluding carboxylic acids is 1. The van der Waals surface area contributed by atoms with Crippen molar-refractivity contribution in [2.24, 2.45) is 0 Å². The molecule has 1 aromatic carbocycles. The minimum atomic E-state index is -0.0818. The van der Waals surface area contributed by atoms with Gasteiger partial charge >= 0.3 is 0 Å². The fraction of sp³-hybridized carbons (Fsp3) is 0.133. The van der Waals surface area contributed by atoms with Crippen molar-refractivity contribution in [3.05, 3.63) is 53.2 Å². The lowest BCUT2D eigenvalue weighted by molar-refractivity contribution is -0.115. The van der Waals surface area contributed by atoms with Crippen LogP contribution in [-0.2, 0) is 11.2 Å². The van der Waals surface area contributed by atoms with E-state index >= 15 is 0 Å². The van der Waals surface area contributed by atoms with Crippen molar-refractivity contribution in [3.8, 4) is 11.4 Å². The number of hydrogen-bond donors (Lipinski definition) is 1. The van der Waals surface area contributed by atoms with Gasteiger partial charge in [-0.2, -0.15) is 0 Å².